The van der Waals surface area contributed by atoms with Crippen LogP contribution in [0.25, 0.3) is 10.8 Å². The molecule has 5 rings (SSSR count). The minimum atomic E-state index is -0.0361. The lowest BCUT2D eigenvalue weighted by Gasteiger charge is -2.29. The number of rotatable bonds is 1. The highest BCUT2D eigenvalue weighted by Gasteiger charge is 2.38. The van der Waals surface area contributed by atoms with Crippen LogP contribution in [-0.2, 0) is 4.79 Å². The first-order valence-electron chi connectivity index (χ1n) is 8.33. The molecule has 2 heteroatoms. The number of allylic oxidation sites excluding steroid dienone is 2. The molecule has 0 saturated heterocycles. The average Bonchev–Trinajstić information content (AvgIpc) is 3.01. The molecule has 0 aromatic heterocycles. The van der Waals surface area contributed by atoms with Gasteiger partial charge in [-0.3, -0.25) is 4.79 Å². The van der Waals surface area contributed by atoms with Gasteiger partial charge < -0.3 is 4.74 Å². The summed E-state index contributed by atoms with van der Waals surface area (Å²) in [6.45, 7) is 0. The van der Waals surface area contributed by atoms with E-state index >= 15 is 0 Å². The summed E-state index contributed by atoms with van der Waals surface area (Å²) in [5.74, 6) is 1.93. The molecule has 3 aromatic carbocycles. The SMILES string of the molecule is O=C1CCC2=C1C(c1ccccc1)c1c(ccc3ccccc13)O2. The van der Waals surface area contributed by atoms with Gasteiger partial charge in [0.05, 0.1) is 0 Å². The number of hydrogen-bond acceptors (Lipinski definition) is 2. The topological polar surface area (TPSA) is 26.3 Å². The largest absolute Gasteiger partial charge is 0.461 e. The normalized spacial score (nSPS) is 19.2. The van der Waals surface area contributed by atoms with Crippen molar-refractivity contribution in [2.45, 2.75) is 18.8 Å². The zero-order valence-corrected chi connectivity index (χ0v) is 13.2. The molecular formula is C22H16O2. The molecule has 0 spiro atoms. The molecule has 2 aliphatic rings. The van der Waals surface area contributed by atoms with Crippen molar-refractivity contribution in [2.24, 2.45) is 0 Å². The molecule has 1 aliphatic carbocycles. The Morgan fingerprint density at radius 3 is 2.50 bits per heavy atom. The molecule has 1 heterocycles. The highest BCUT2D eigenvalue weighted by atomic mass is 16.5. The number of benzene rings is 3. The number of carbonyl (C=O) groups excluding carboxylic acids is 1. The lowest BCUT2D eigenvalue weighted by Crippen LogP contribution is -2.18. The van der Waals surface area contributed by atoms with Crippen molar-refractivity contribution in [1.29, 1.82) is 0 Å². The van der Waals surface area contributed by atoms with Crippen molar-refractivity contribution in [1.82, 2.24) is 0 Å². The van der Waals surface area contributed by atoms with Crippen LogP contribution in [0.4, 0.5) is 0 Å². The average molecular weight is 312 g/mol. The van der Waals surface area contributed by atoms with Crippen LogP contribution in [0.5, 0.6) is 5.75 Å². The number of Topliss-reactive ketones (excluding diaryl/α,β-unsaturated/α-hetero) is 1. The van der Waals surface area contributed by atoms with Gasteiger partial charge in [0.15, 0.2) is 5.78 Å². The van der Waals surface area contributed by atoms with Gasteiger partial charge >= 0.3 is 0 Å². The molecule has 1 unspecified atom stereocenters. The summed E-state index contributed by atoms with van der Waals surface area (Å²) < 4.78 is 6.14. The van der Waals surface area contributed by atoms with Crippen molar-refractivity contribution in [3.8, 4) is 5.75 Å². The third-order valence-corrected chi connectivity index (χ3v) is 5.05. The van der Waals surface area contributed by atoms with E-state index in [-0.39, 0.29) is 11.7 Å². The van der Waals surface area contributed by atoms with E-state index in [2.05, 4.69) is 30.3 Å². The Labute approximate surface area is 140 Å². The minimum absolute atomic E-state index is 0.0361. The van der Waals surface area contributed by atoms with Crippen molar-refractivity contribution >= 4 is 16.6 Å². The molecule has 0 saturated carbocycles. The maximum atomic E-state index is 12.6. The summed E-state index contributed by atoms with van der Waals surface area (Å²) in [5, 5.41) is 2.34. The Morgan fingerprint density at radius 2 is 1.62 bits per heavy atom. The minimum Gasteiger partial charge on any atom is -0.461 e. The molecule has 2 nitrogen and oxygen atoms in total. The summed E-state index contributed by atoms with van der Waals surface area (Å²) in [4.78, 5) is 12.6. The number of ketones is 1. The first kappa shape index (κ1) is 13.6. The molecule has 116 valence electrons. The quantitative estimate of drug-likeness (QED) is 0.633. The molecule has 24 heavy (non-hydrogen) atoms. The van der Waals surface area contributed by atoms with Crippen LogP contribution in [0.1, 0.15) is 29.9 Å². The van der Waals surface area contributed by atoms with E-state index in [9.17, 15) is 4.79 Å². The molecule has 1 atom stereocenters. The first-order chi connectivity index (χ1) is 11.8. The summed E-state index contributed by atoms with van der Waals surface area (Å²) >= 11 is 0. The van der Waals surface area contributed by atoms with Gasteiger partial charge in [-0.05, 0) is 22.4 Å². The van der Waals surface area contributed by atoms with Gasteiger partial charge in [-0.2, -0.15) is 0 Å². The second-order valence-electron chi connectivity index (χ2n) is 6.40. The Hall–Kier alpha value is -2.87. The van der Waals surface area contributed by atoms with Gasteiger partial charge in [0.2, 0.25) is 0 Å². The van der Waals surface area contributed by atoms with Gasteiger partial charge in [-0.1, -0.05) is 60.7 Å². The molecule has 1 aliphatic heterocycles. The Morgan fingerprint density at radius 1 is 0.833 bits per heavy atom. The van der Waals surface area contributed by atoms with Gasteiger partial charge in [0, 0.05) is 29.9 Å². The lowest BCUT2D eigenvalue weighted by molar-refractivity contribution is -0.115. The van der Waals surface area contributed by atoms with Crippen LogP contribution in [0.3, 0.4) is 0 Å². The van der Waals surface area contributed by atoms with Crippen molar-refractivity contribution in [2.75, 3.05) is 0 Å². The van der Waals surface area contributed by atoms with Crippen LogP contribution < -0.4 is 4.74 Å². The van der Waals surface area contributed by atoms with Gasteiger partial charge in [0.25, 0.3) is 0 Å². The standard InChI is InChI=1S/C22H16O2/c23-17-11-13-19-22(17)20(15-7-2-1-3-8-15)21-16-9-5-4-6-14(16)10-12-18(21)24-19/h1-10,12,20H,11,13H2. The van der Waals surface area contributed by atoms with Gasteiger partial charge in [-0.25, -0.2) is 0 Å². The molecule has 0 bridgehead atoms. The second kappa shape index (κ2) is 5.07. The van der Waals surface area contributed by atoms with E-state index in [0.29, 0.717) is 12.8 Å². The zero-order valence-electron chi connectivity index (χ0n) is 13.2. The fraction of sp³-hybridized carbons (Fsp3) is 0.136. The smallest absolute Gasteiger partial charge is 0.163 e. The monoisotopic (exact) mass is 312 g/mol. The van der Waals surface area contributed by atoms with Crippen LogP contribution >= 0.6 is 0 Å². The van der Waals surface area contributed by atoms with Crippen LogP contribution in [0.15, 0.2) is 78.1 Å². The van der Waals surface area contributed by atoms with E-state index in [1.807, 2.05) is 36.4 Å². The summed E-state index contributed by atoms with van der Waals surface area (Å²) in [6.07, 6.45) is 1.27. The van der Waals surface area contributed by atoms with E-state index in [0.717, 1.165) is 33.6 Å². The highest BCUT2D eigenvalue weighted by Crippen LogP contribution is 2.49. The maximum Gasteiger partial charge on any atom is 0.163 e. The predicted octanol–water partition coefficient (Wildman–Crippen LogP) is 4.98. The maximum absolute atomic E-state index is 12.6. The van der Waals surface area contributed by atoms with E-state index < -0.39 is 0 Å². The van der Waals surface area contributed by atoms with E-state index in [1.54, 1.807) is 0 Å². The Kier molecular flexibility index (Phi) is 2.86. The van der Waals surface area contributed by atoms with E-state index in [1.165, 1.54) is 5.39 Å². The number of ether oxygens (including phenoxy) is 1. The summed E-state index contributed by atoms with van der Waals surface area (Å²) in [5.41, 5.74) is 3.12. The number of hydrogen-bond donors (Lipinski definition) is 0. The molecule has 0 fully saturated rings. The Balaban J connectivity index is 1.85. The third-order valence-electron chi connectivity index (χ3n) is 5.05. The Bertz CT molecular complexity index is 999. The van der Waals surface area contributed by atoms with Crippen LogP contribution in [-0.4, -0.2) is 5.78 Å². The fourth-order valence-corrected chi connectivity index (χ4v) is 4.00. The summed E-state index contributed by atoms with van der Waals surface area (Å²) in [6, 6.07) is 22.8. The fourth-order valence-electron chi connectivity index (χ4n) is 4.00. The molecule has 0 amide bonds. The molecule has 3 aromatic rings. The predicted molar refractivity (Wildman–Crippen MR) is 94.1 cm³/mol. The van der Waals surface area contributed by atoms with Crippen LogP contribution in [0, 0.1) is 0 Å². The lowest BCUT2D eigenvalue weighted by atomic mass is 9.80. The van der Waals surface area contributed by atoms with Crippen molar-refractivity contribution < 1.29 is 9.53 Å². The van der Waals surface area contributed by atoms with Crippen molar-refractivity contribution in [3.63, 3.8) is 0 Å². The molecular weight excluding hydrogens is 296 g/mol. The first-order valence-corrected chi connectivity index (χ1v) is 8.33. The van der Waals surface area contributed by atoms with Crippen molar-refractivity contribution in [3.05, 3.63) is 89.2 Å². The summed E-state index contributed by atoms with van der Waals surface area (Å²) in [7, 11) is 0. The molecule has 0 N–H and O–H groups in total. The third kappa shape index (κ3) is 1.86. The van der Waals surface area contributed by atoms with Gasteiger partial charge in [-0.15, -0.1) is 0 Å². The van der Waals surface area contributed by atoms with E-state index in [4.69, 9.17) is 4.74 Å². The second-order valence-corrected chi connectivity index (χ2v) is 6.40. The number of carbonyl (C=O) groups is 1. The number of fused-ring (bicyclic) bond motifs is 3. The molecule has 0 radical (unpaired) electrons. The van der Waals surface area contributed by atoms with Gasteiger partial charge in [0.1, 0.15) is 11.5 Å². The zero-order chi connectivity index (χ0) is 16.1. The highest BCUT2D eigenvalue weighted by molar-refractivity contribution is 6.03. The van der Waals surface area contributed by atoms with Crippen LogP contribution in [0.2, 0.25) is 0 Å².